The Labute approximate surface area is 120 Å². The highest BCUT2D eigenvalue weighted by atomic mass is 16.3. The highest BCUT2D eigenvalue weighted by molar-refractivity contribution is 5.28. The normalized spacial score (nSPS) is 43.3. The summed E-state index contributed by atoms with van der Waals surface area (Å²) in [4.78, 5) is 4.46. The first-order valence-electron chi connectivity index (χ1n) is 8.04. The maximum Gasteiger partial charge on any atom is 0.0839 e. The molecule has 20 heavy (non-hydrogen) atoms. The van der Waals surface area contributed by atoms with E-state index in [1.54, 1.807) is 6.20 Å². The van der Waals surface area contributed by atoms with Crippen LogP contribution in [0, 0.1) is 17.8 Å². The lowest BCUT2D eigenvalue weighted by molar-refractivity contribution is -0.161. The molecule has 108 valence electrons. The molecule has 3 aliphatic rings. The monoisotopic (exact) mass is 273 g/mol. The van der Waals surface area contributed by atoms with E-state index >= 15 is 0 Å². The first kappa shape index (κ1) is 12.8. The van der Waals surface area contributed by atoms with Gasteiger partial charge in [-0.3, -0.25) is 4.98 Å². The molecule has 0 spiro atoms. The zero-order valence-corrected chi connectivity index (χ0v) is 11.8. The van der Waals surface area contributed by atoms with Crippen LogP contribution in [0.3, 0.4) is 0 Å². The SMILES string of the molecule is O[C@@H]1c2cccnc2C[C@@H]2[C@H]1CC[C@@H]1CCCC[C@@]12O. The van der Waals surface area contributed by atoms with Crippen LogP contribution in [0.4, 0.5) is 0 Å². The van der Waals surface area contributed by atoms with Crippen molar-refractivity contribution in [3.63, 3.8) is 0 Å². The standard InChI is InChI=1S/C17H23NO2/c19-16-12-7-6-11-4-1-2-8-17(11,20)14(12)10-15-13(16)5-3-9-18-15/h3,5,9,11-12,14,16,19-20H,1-2,4,6-8,10H2/t11-,12+,14+,16-,17+/m0/s1. The van der Waals surface area contributed by atoms with Crippen molar-refractivity contribution in [2.75, 3.05) is 0 Å². The predicted molar refractivity (Wildman–Crippen MR) is 76.0 cm³/mol. The van der Waals surface area contributed by atoms with Gasteiger partial charge in [0.1, 0.15) is 0 Å². The maximum absolute atomic E-state index is 11.3. The molecule has 0 aromatic carbocycles. The Bertz CT molecular complexity index is 517. The van der Waals surface area contributed by atoms with Gasteiger partial charge in [-0.1, -0.05) is 18.9 Å². The average molecular weight is 273 g/mol. The summed E-state index contributed by atoms with van der Waals surface area (Å²) < 4.78 is 0. The molecule has 0 bridgehead atoms. The van der Waals surface area contributed by atoms with E-state index in [-0.39, 0.29) is 11.8 Å². The topological polar surface area (TPSA) is 53.4 Å². The fraction of sp³-hybridized carbons (Fsp3) is 0.706. The first-order chi connectivity index (χ1) is 9.70. The molecular formula is C17H23NO2. The number of pyridine rings is 1. The van der Waals surface area contributed by atoms with Crippen molar-refractivity contribution in [2.45, 2.75) is 56.7 Å². The molecule has 1 aromatic rings. The summed E-state index contributed by atoms with van der Waals surface area (Å²) in [6.45, 7) is 0. The molecule has 0 unspecified atom stereocenters. The third-order valence-corrected chi connectivity index (χ3v) is 6.16. The molecule has 5 atom stereocenters. The summed E-state index contributed by atoms with van der Waals surface area (Å²) in [6, 6.07) is 3.91. The van der Waals surface area contributed by atoms with Gasteiger partial charge in [0.2, 0.25) is 0 Å². The number of aliphatic hydroxyl groups is 2. The molecule has 2 N–H and O–H groups in total. The number of rotatable bonds is 0. The summed E-state index contributed by atoms with van der Waals surface area (Å²) in [5.41, 5.74) is 1.43. The Hall–Kier alpha value is -0.930. The number of nitrogens with zero attached hydrogens (tertiary/aromatic N) is 1. The summed E-state index contributed by atoms with van der Waals surface area (Å²) in [5.74, 6) is 0.847. The minimum Gasteiger partial charge on any atom is -0.389 e. The molecule has 1 aromatic heterocycles. The summed E-state index contributed by atoms with van der Waals surface area (Å²) in [6.07, 6.45) is 8.77. The highest BCUT2D eigenvalue weighted by Gasteiger charge is 2.54. The van der Waals surface area contributed by atoms with Gasteiger partial charge in [0.25, 0.3) is 0 Å². The average Bonchev–Trinajstić information content (AvgIpc) is 2.47. The zero-order valence-electron chi connectivity index (χ0n) is 11.8. The Kier molecular flexibility index (Phi) is 2.90. The first-order valence-corrected chi connectivity index (χ1v) is 8.04. The molecule has 1 heterocycles. The molecule has 0 aliphatic heterocycles. The van der Waals surface area contributed by atoms with Crippen LogP contribution in [-0.2, 0) is 6.42 Å². The summed E-state index contributed by atoms with van der Waals surface area (Å²) in [7, 11) is 0. The lowest BCUT2D eigenvalue weighted by Gasteiger charge is -2.54. The van der Waals surface area contributed by atoms with Crippen LogP contribution in [0.25, 0.3) is 0 Å². The van der Waals surface area contributed by atoms with Crippen molar-refractivity contribution in [3.8, 4) is 0 Å². The van der Waals surface area contributed by atoms with Crippen LogP contribution < -0.4 is 0 Å². The minimum absolute atomic E-state index is 0.193. The fourth-order valence-electron chi connectivity index (χ4n) is 5.14. The van der Waals surface area contributed by atoms with Crippen molar-refractivity contribution in [2.24, 2.45) is 17.8 Å². The van der Waals surface area contributed by atoms with Crippen LogP contribution in [-0.4, -0.2) is 20.8 Å². The second-order valence-corrected chi connectivity index (χ2v) is 6.97. The van der Waals surface area contributed by atoms with E-state index in [4.69, 9.17) is 0 Å². The van der Waals surface area contributed by atoms with Gasteiger partial charge in [0.05, 0.1) is 11.7 Å². The minimum atomic E-state index is -0.558. The molecule has 3 aliphatic carbocycles. The highest BCUT2D eigenvalue weighted by Crippen LogP contribution is 2.55. The van der Waals surface area contributed by atoms with Gasteiger partial charge in [-0.2, -0.15) is 0 Å². The van der Waals surface area contributed by atoms with Crippen molar-refractivity contribution in [1.29, 1.82) is 0 Å². The summed E-state index contributed by atoms with van der Waals surface area (Å²) >= 11 is 0. The van der Waals surface area contributed by atoms with Crippen molar-refractivity contribution >= 4 is 0 Å². The van der Waals surface area contributed by atoms with Gasteiger partial charge in [0, 0.05) is 17.5 Å². The lowest BCUT2D eigenvalue weighted by Crippen LogP contribution is -2.56. The van der Waals surface area contributed by atoms with E-state index in [0.717, 1.165) is 49.8 Å². The number of hydrogen-bond donors (Lipinski definition) is 2. The van der Waals surface area contributed by atoms with Gasteiger partial charge in [-0.25, -0.2) is 0 Å². The number of fused-ring (bicyclic) bond motifs is 4. The van der Waals surface area contributed by atoms with Gasteiger partial charge in [-0.15, -0.1) is 0 Å². The molecule has 0 radical (unpaired) electrons. The number of hydrogen-bond acceptors (Lipinski definition) is 3. The second-order valence-electron chi connectivity index (χ2n) is 6.97. The van der Waals surface area contributed by atoms with Gasteiger partial charge in [0.15, 0.2) is 0 Å². The van der Waals surface area contributed by atoms with Gasteiger partial charge in [-0.05, 0) is 55.9 Å². The van der Waals surface area contributed by atoms with Gasteiger partial charge < -0.3 is 10.2 Å². The molecule has 2 saturated carbocycles. The molecule has 3 nitrogen and oxygen atoms in total. The third-order valence-electron chi connectivity index (χ3n) is 6.16. The van der Waals surface area contributed by atoms with E-state index in [2.05, 4.69) is 4.98 Å². The van der Waals surface area contributed by atoms with Crippen LogP contribution in [0.2, 0.25) is 0 Å². The Morgan fingerprint density at radius 2 is 2.10 bits per heavy atom. The van der Waals surface area contributed by atoms with Crippen LogP contribution >= 0.6 is 0 Å². The van der Waals surface area contributed by atoms with E-state index in [9.17, 15) is 10.2 Å². The Balaban J connectivity index is 1.74. The van der Waals surface area contributed by atoms with E-state index < -0.39 is 11.7 Å². The third kappa shape index (κ3) is 1.69. The van der Waals surface area contributed by atoms with E-state index in [1.165, 1.54) is 6.42 Å². The number of aromatic nitrogens is 1. The number of aliphatic hydroxyl groups excluding tert-OH is 1. The Morgan fingerprint density at radius 3 is 3.00 bits per heavy atom. The predicted octanol–water partition coefficient (Wildman–Crippen LogP) is 2.62. The van der Waals surface area contributed by atoms with Crippen LogP contribution in [0.5, 0.6) is 0 Å². The quantitative estimate of drug-likeness (QED) is 0.764. The second kappa shape index (κ2) is 4.54. The van der Waals surface area contributed by atoms with E-state index in [1.807, 2.05) is 12.1 Å². The summed E-state index contributed by atoms with van der Waals surface area (Å²) in [5, 5.41) is 22.0. The fourth-order valence-corrected chi connectivity index (χ4v) is 5.14. The van der Waals surface area contributed by atoms with Crippen molar-refractivity contribution < 1.29 is 10.2 Å². The van der Waals surface area contributed by atoms with Gasteiger partial charge >= 0.3 is 0 Å². The molecular weight excluding hydrogens is 250 g/mol. The largest absolute Gasteiger partial charge is 0.389 e. The molecule has 2 fully saturated rings. The smallest absolute Gasteiger partial charge is 0.0839 e. The maximum atomic E-state index is 11.3. The van der Waals surface area contributed by atoms with Crippen LogP contribution in [0.1, 0.15) is 55.9 Å². The molecule has 0 saturated heterocycles. The zero-order chi connectivity index (χ0) is 13.7. The Morgan fingerprint density at radius 1 is 1.20 bits per heavy atom. The molecule has 4 rings (SSSR count). The molecule has 3 heteroatoms. The lowest BCUT2D eigenvalue weighted by atomic mass is 9.54. The van der Waals surface area contributed by atoms with Crippen molar-refractivity contribution in [1.82, 2.24) is 4.98 Å². The van der Waals surface area contributed by atoms with Crippen molar-refractivity contribution in [3.05, 3.63) is 29.6 Å². The van der Waals surface area contributed by atoms with Crippen LogP contribution in [0.15, 0.2) is 18.3 Å². The van der Waals surface area contributed by atoms with E-state index in [0.29, 0.717) is 5.92 Å². The molecule has 0 amide bonds.